The third-order valence-corrected chi connectivity index (χ3v) is 4.58. The summed E-state index contributed by atoms with van der Waals surface area (Å²) in [5, 5.41) is 18.6. The van der Waals surface area contributed by atoms with Gasteiger partial charge in [0.25, 0.3) is 0 Å². The van der Waals surface area contributed by atoms with E-state index in [9.17, 15) is 9.90 Å². The van der Waals surface area contributed by atoms with E-state index in [4.69, 9.17) is 0 Å². The lowest BCUT2D eigenvalue weighted by Crippen LogP contribution is -2.36. The zero-order valence-electron chi connectivity index (χ0n) is 13.5. The number of nitrogens with zero attached hydrogens (tertiary/aromatic N) is 1. The van der Waals surface area contributed by atoms with Crippen molar-refractivity contribution in [2.75, 3.05) is 6.54 Å². The summed E-state index contributed by atoms with van der Waals surface area (Å²) < 4.78 is 0. The Morgan fingerprint density at radius 2 is 2.00 bits per heavy atom. The quantitative estimate of drug-likeness (QED) is 0.728. The summed E-state index contributed by atoms with van der Waals surface area (Å²) in [5.41, 5.74) is 1.73. The first-order valence-corrected chi connectivity index (χ1v) is 8.63. The SMILES string of the molecule is CC(C)c1nc(CNC(=O)NCCC(O)c2ccccc2)cs1. The summed E-state index contributed by atoms with van der Waals surface area (Å²) in [6.45, 7) is 5.02. The molecule has 0 saturated heterocycles. The summed E-state index contributed by atoms with van der Waals surface area (Å²) in [4.78, 5) is 16.2. The number of benzene rings is 1. The zero-order valence-corrected chi connectivity index (χ0v) is 14.3. The van der Waals surface area contributed by atoms with Crippen LogP contribution in [0.1, 0.15) is 48.6 Å². The molecule has 3 N–H and O–H groups in total. The van der Waals surface area contributed by atoms with Gasteiger partial charge in [0, 0.05) is 17.8 Å². The van der Waals surface area contributed by atoms with E-state index in [1.807, 2.05) is 35.7 Å². The molecule has 0 bridgehead atoms. The van der Waals surface area contributed by atoms with Crippen molar-refractivity contribution in [1.82, 2.24) is 15.6 Å². The number of aliphatic hydroxyl groups excluding tert-OH is 1. The number of urea groups is 1. The Kier molecular flexibility index (Phi) is 6.55. The highest BCUT2D eigenvalue weighted by molar-refractivity contribution is 7.09. The molecule has 6 heteroatoms. The molecule has 0 spiro atoms. The summed E-state index contributed by atoms with van der Waals surface area (Å²) in [5.74, 6) is 0.405. The predicted molar refractivity (Wildman–Crippen MR) is 92.5 cm³/mol. The van der Waals surface area contributed by atoms with Crippen LogP contribution in [-0.2, 0) is 6.54 Å². The van der Waals surface area contributed by atoms with Gasteiger partial charge in [-0.2, -0.15) is 0 Å². The van der Waals surface area contributed by atoms with Crippen molar-refractivity contribution < 1.29 is 9.90 Å². The van der Waals surface area contributed by atoms with E-state index in [0.29, 0.717) is 25.4 Å². The fourth-order valence-electron chi connectivity index (χ4n) is 2.07. The van der Waals surface area contributed by atoms with Gasteiger partial charge in [0.1, 0.15) is 0 Å². The Morgan fingerprint density at radius 3 is 2.65 bits per heavy atom. The van der Waals surface area contributed by atoms with Gasteiger partial charge in [-0.05, 0) is 12.0 Å². The Morgan fingerprint density at radius 1 is 1.26 bits per heavy atom. The van der Waals surface area contributed by atoms with Gasteiger partial charge in [0.2, 0.25) is 0 Å². The van der Waals surface area contributed by atoms with Crippen LogP contribution in [-0.4, -0.2) is 22.7 Å². The van der Waals surface area contributed by atoms with Crippen LogP contribution in [0.5, 0.6) is 0 Å². The minimum atomic E-state index is -0.566. The highest BCUT2D eigenvalue weighted by Crippen LogP contribution is 2.19. The second kappa shape index (κ2) is 8.64. The molecule has 1 atom stereocenters. The molecule has 124 valence electrons. The molecule has 2 rings (SSSR count). The first-order valence-electron chi connectivity index (χ1n) is 7.75. The molecule has 23 heavy (non-hydrogen) atoms. The molecular formula is C17H23N3O2S. The highest BCUT2D eigenvalue weighted by Gasteiger charge is 2.09. The molecule has 1 aromatic carbocycles. The number of rotatable bonds is 7. The van der Waals surface area contributed by atoms with Gasteiger partial charge in [-0.1, -0.05) is 44.2 Å². The number of carbonyl (C=O) groups excluding carboxylic acids is 1. The topological polar surface area (TPSA) is 74.2 Å². The third-order valence-electron chi connectivity index (χ3n) is 3.38. The molecule has 2 aromatic rings. The fraction of sp³-hybridized carbons (Fsp3) is 0.412. The number of carbonyl (C=O) groups is 1. The van der Waals surface area contributed by atoms with Crippen LogP contribution in [0, 0.1) is 0 Å². The van der Waals surface area contributed by atoms with Crippen molar-refractivity contribution in [3.05, 3.63) is 52.0 Å². The lowest BCUT2D eigenvalue weighted by molar-refractivity contribution is 0.167. The summed E-state index contributed by atoms with van der Waals surface area (Å²) in [6, 6.07) is 9.18. The molecule has 1 heterocycles. The van der Waals surface area contributed by atoms with E-state index >= 15 is 0 Å². The Bertz CT molecular complexity index is 613. The van der Waals surface area contributed by atoms with Crippen molar-refractivity contribution in [2.45, 2.75) is 38.8 Å². The number of hydrogen-bond acceptors (Lipinski definition) is 4. The number of nitrogens with one attached hydrogen (secondary N) is 2. The molecule has 1 unspecified atom stereocenters. The van der Waals surface area contributed by atoms with Gasteiger partial charge in [0.15, 0.2) is 0 Å². The van der Waals surface area contributed by atoms with Crippen LogP contribution in [0.15, 0.2) is 35.7 Å². The molecule has 5 nitrogen and oxygen atoms in total. The van der Waals surface area contributed by atoms with E-state index in [1.54, 1.807) is 11.3 Å². The van der Waals surface area contributed by atoms with Gasteiger partial charge in [-0.3, -0.25) is 0 Å². The highest BCUT2D eigenvalue weighted by atomic mass is 32.1. The predicted octanol–water partition coefficient (Wildman–Crippen LogP) is 3.19. The lowest BCUT2D eigenvalue weighted by Gasteiger charge is -2.12. The van der Waals surface area contributed by atoms with Crippen LogP contribution in [0.25, 0.3) is 0 Å². The summed E-state index contributed by atoms with van der Waals surface area (Å²) in [7, 11) is 0. The number of aliphatic hydroxyl groups is 1. The van der Waals surface area contributed by atoms with Crippen molar-refractivity contribution in [3.63, 3.8) is 0 Å². The van der Waals surface area contributed by atoms with Crippen LogP contribution in [0.4, 0.5) is 4.79 Å². The smallest absolute Gasteiger partial charge is 0.315 e. The molecule has 0 aliphatic carbocycles. The molecule has 0 aliphatic heterocycles. The van der Waals surface area contributed by atoms with Crippen LogP contribution < -0.4 is 10.6 Å². The van der Waals surface area contributed by atoms with Gasteiger partial charge >= 0.3 is 6.03 Å². The van der Waals surface area contributed by atoms with E-state index < -0.39 is 6.10 Å². The first kappa shape index (κ1) is 17.4. The van der Waals surface area contributed by atoms with Crippen molar-refractivity contribution in [2.24, 2.45) is 0 Å². The maximum absolute atomic E-state index is 11.7. The summed E-state index contributed by atoms with van der Waals surface area (Å²) >= 11 is 1.61. The lowest BCUT2D eigenvalue weighted by atomic mass is 10.1. The number of aromatic nitrogens is 1. The minimum Gasteiger partial charge on any atom is -0.388 e. The van der Waals surface area contributed by atoms with Gasteiger partial charge in [-0.25, -0.2) is 9.78 Å². The molecule has 0 fully saturated rings. The van der Waals surface area contributed by atoms with Gasteiger partial charge in [0.05, 0.1) is 23.4 Å². The maximum atomic E-state index is 11.7. The average Bonchev–Trinajstić information content (AvgIpc) is 3.03. The summed E-state index contributed by atoms with van der Waals surface area (Å²) in [6.07, 6.45) is -0.0883. The van der Waals surface area contributed by atoms with E-state index in [1.165, 1.54) is 0 Å². The molecular weight excluding hydrogens is 310 g/mol. The molecule has 1 aromatic heterocycles. The second-order valence-electron chi connectivity index (χ2n) is 5.66. The standard InChI is InChI=1S/C17H23N3O2S/c1-12(2)16-20-14(11-23-16)10-19-17(22)18-9-8-15(21)13-6-4-3-5-7-13/h3-7,11-12,15,21H,8-10H2,1-2H3,(H2,18,19,22). The van der Waals surface area contributed by atoms with Gasteiger partial charge < -0.3 is 15.7 Å². The Hall–Kier alpha value is -1.92. The molecule has 2 amide bonds. The second-order valence-corrected chi connectivity index (χ2v) is 6.55. The number of thiazole rings is 1. The minimum absolute atomic E-state index is 0.246. The van der Waals surface area contributed by atoms with Crippen molar-refractivity contribution in [1.29, 1.82) is 0 Å². The first-order chi connectivity index (χ1) is 11.1. The van der Waals surface area contributed by atoms with E-state index in [-0.39, 0.29) is 6.03 Å². The fourth-order valence-corrected chi connectivity index (χ4v) is 2.90. The molecule has 0 saturated carbocycles. The largest absolute Gasteiger partial charge is 0.388 e. The molecule has 0 radical (unpaired) electrons. The van der Waals surface area contributed by atoms with Crippen molar-refractivity contribution in [3.8, 4) is 0 Å². The maximum Gasteiger partial charge on any atom is 0.315 e. The Labute approximate surface area is 140 Å². The third kappa shape index (κ3) is 5.65. The zero-order chi connectivity index (χ0) is 16.7. The number of hydrogen-bond donors (Lipinski definition) is 3. The average molecular weight is 333 g/mol. The normalized spacial score (nSPS) is 12.2. The van der Waals surface area contributed by atoms with Crippen LogP contribution in [0.3, 0.4) is 0 Å². The van der Waals surface area contributed by atoms with E-state index in [0.717, 1.165) is 16.3 Å². The van der Waals surface area contributed by atoms with Crippen molar-refractivity contribution >= 4 is 17.4 Å². The Balaban J connectivity index is 1.67. The number of amides is 2. The van der Waals surface area contributed by atoms with Gasteiger partial charge in [-0.15, -0.1) is 11.3 Å². The monoisotopic (exact) mass is 333 g/mol. The van der Waals surface area contributed by atoms with E-state index in [2.05, 4.69) is 29.5 Å². The van der Waals surface area contributed by atoms with Crippen LogP contribution in [0.2, 0.25) is 0 Å². The van der Waals surface area contributed by atoms with Crippen LogP contribution >= 0.6 is 11.3 Å². The molecule has 0 aliphatic rings.